The molecule has 0 aliphatic carbocycles. The summed E-state index contributed by atoms with van der Waals surface area (Å²) in [5.74, 6) is 0. The largest absolute Gasteiger partial charge is 0.389 e. The summed E-state index contributed by atoms with van der Waals surface area (Å²) >= 11 is 10.9. The Morgan fingerprint density at radius 3 is 2.52 bits per heavy atom. The first-order chi connectivity index (χ1) is 9.81. The maximum atomic E-state index is 12.5. The van der Waals surface area contributed by atoms with Gasteiger partial charge >= 0.3 is 0 Å². The molecular weight excluding hydrogens is 328 g/mol. The van der Waals surface area contributed by atoms with Crippen molar-refractivity contribution in [3.63, 3.8) is 0 Å². The van der Waals surface area contributed by atoms with Crippen molar-refractivity contribution in [1.82, 2.24) is 0 Å². The fraction of sp³-hybridized carbons (Fsp3) is 0.0714. The third kappa shape index (κ3) is 3.53. The van der Waals surface area contributed by atoms with Gasteiger partial charge in [-0.15, -0.1) is 0 Å². The molecule has 2 aromatic carbocycles. The quantitative estimate of drug-likeness (QED) is 0.839. The Morgan fingerprint density at radius 1 is 1.24 bits per heavy atom. The monoisotopic (exact) mass is 340 g/mol. The Kier molecular flexibility index (Phi) is 4.51. The standard InChI is InChI=1S/C14H13ClN2O2S2/c1-9-6-7-10(14(16)20)8-13(9)21(18,19)17-12-5-3-2-4-11(12)15/h2-8,17H,1H3,(H2,16,20). The number of thiocarbonyl (C=S) groups is 1. The first-order valence-electron chi connectivity index (χ1n) is 5.99. The summed E-state index contributed by atoms with van der Waals surface area (Å²) in [6.45, 7) is 1.70. The first-order valence-corrected chi connectivity index (χ1v) is 8.26. The zero-order chi connectivity index (χ0) is 15.6. The van der Waals surface area contributed by atoms with Crippen molar-refractivity contribution >= 4 is 44.5 Å². The predicted molar refractivity (Wildman–Crippen MR) is 89.3 cm³/mol. The summed E-state index contributed by atoms with van der Waals surface area (Å²) in [5, 5.41) is 0.323. The summed E-state index contributed by atoms with van der Waals surface area (Å²) < 4.78 is 27.5. The molecule has 3 N–H and O–H groups in total. The number of nitrogens with two attached hydrogens (primary N) is 1. The van der Waals surface area contributed by atoms with Crippen LogP contribution in [0.15, 0.2) is 47.4 Å². The van der Waals surface area contributed by atoms with Gasteiger partial charge < -0.3 is 5.73 Å². The van der Waals surface area contributed by atoms with Crippen LogP contribution in [0.4, 0.5) is 5.69 Å². The number of para-hydroxylation sites is 1. The third-order valence-electron chi connectivity index (χ3n) is 2.88. The van der Waals surface area contributed by atoms with E-state index < -0.39 is 10.0 Å². The molecule has 0 aliphatic rings. The summed E-state index contributed by atoms with van der Waals surface area (Å²) in [5.41, 5.74) is 6.95. The van der Waals surface area contributed by atoms with Gasteiger partial charge in [0.05, 0.1) is 15.6 Å². The Bertz CT molecular complexity index is 804. The topological polar surface area (TPSA) is 72.2 Å². The number of sulfonamides is 1. The lowest BCUT2D eigenvalue weighted by molar-refractivity contribution is 0.600. The molecule has 4 nitrogen and oxygen atoms in total. The molecule has 0 bridgehead atoms. The molecule has 0 saturated carbocycles. The van der Waals surface area contributed by atoms with Crippen molar-refractivity contribution in [1.29, 1.82) is 0 Å². The normalized spacial score (nSPS) is 11.1. The number of anilines is 1. The highest BCUT2D eigenvalue weighted by Crippen LogP contribution is 2.25. The van der Waals surface area contributed by atoms with Crippen LogP contribution in [0.2, 0.25) is 5.02 Å². The molecule has 2 rings (SSSR count). The minimum Gasteiger partial charge on any atom is -0.389 e. The van der Waals surface area contributed by atoms with E-state index in [4.69, 9.17) is 29.6 Å². The molecule has 0 fully saturated rings. The van der Waals surface area contributed by atoms with Gasteiger partial charge in [-0.05, 0) is 30.7 Å². The van der Waals surface area contributed by atoms with E-state index in [-0.39, 0.29) is 9.88 Å². The van der Waals surface area contributed by atoms with Crippen LogP contribution in [-0.4, -0.2) is 13.4 Å². The van der Waals surface area contributed by atoms with Crippen LogP contribution in [0, 0.1) is 6.92 Å². The zero-order valence-electron chi connectivity index (χ0n) is 11.1. The van der Waals surface area contributed by atoms with Gasteiger partial charge in [0.2, 0.25) is 0 Å². The van der Waals surface area contributed by atoms with Gasteiger partial charge in [0.25, 0.3) is 10.0 Å². The maximum Gasteiger partial charge on any atom is 0.262 e. The molecule has 0 atom stereocenters. The van der Waals surface area contributed by atoms with Crippen molar-refractivity contribution in [2.45, 2.75) is 11.8 Å². The number of hydrogen-bond donors (Lipinski definition) is 2. The molecule has 0 radical (unpaired) electrons. The van der Waals surface area contributed by atoms with Crippen LogP contribution in [0.3, 0.4) is 0 Å². The lowest BCUT2D eigenvalue weighted by Crippen LogP contribution is -2.16. The number of rotatable bonds is 4. The highest BCUT2D eigenvalue weighted by molar-refractivity contribution is 7.92. The van der Waals surface area contributed by atoms with Crippen LogP contribution in [-0.2, 0) is 10.0 Å². The van der Waals surface area contributed by atoms with Crippen molar-refractivity contribution in [3.05, 3.63) is 58.6 Å². The van der Waals surface area contributed by atoms with E-state index in [0.717, 1.165) is 0 Å². The van der Waals surface area contributed by atoms with Crippen molar-refractivity contribution in [3.8, 4) is 0 Å². The number of halogens is 1. The van der Waals surface area contributed by atoms with Gasteiger partial charge in [0, 0.05) is 5.56 Å². The summed E-state index contributed by atoms with van der Waals surface area (Å²) in [4.78, 5) is 0.261. The second kappa shape index (κ2) is 6.01. The van der Waals surface area contributed by atoms with E-state index in [9.17, 15) is 8.42 Å². The van der Waals surface area contributed by atoms with E-state index in [1.807, 2.05) is 0 Å². The Hall–Kier alpha value is -1.63. The second-order valence-corrected chi connectivity index (χ2v) is 6.93. The van der Waals surface area contributed by atoms with Gasteiger partial charge in [-0.2, -0.15) is 0 Å². The van der Waals surface area contributed by atoms with Gasteiger partial charge in [-0.25, -0.2) is 8.42 Å². The average molecular weight is 341 g/mol. The molecule has 0 amide bonds. The second-order valence-electron chi connectivity index (χ2n) is 4.43. The molecule has 0 unspecified atom stereocenters. The van der Waals surface area contributed by atoms with Crippen molar-refractivity contribution in [2.24, 2.45) is 5.73 Å². The van der Waals surface area contributed by atoms with Crippen LogP contribution < -0.4 is 10.5 Å². The molecule has 21 heavy (non-hydrogen) atoms. The van der Waals surface area contributed by atoms with Gasteiger partial charge in [0.15, 0.2) is 0 Å². The first kappa shape index (κ1) is 15.8. The number of nitrogens with one attached hydrogen (secondary N) is 1. The van der Waals surface area contributed by atoms with Crippen LogP contribution in [0.5, 0.6) is 0 Å². The smallest absolute Gasteiger partial charge is 0.262 e. The van der Waals surface area contributed by atoms with Crippen LogP contribution in [0.1, 0.15) is 11.1 Å². The van der Waals surface area contributed by atoms with Gasteiger partial charge in [-0.3, -0.25) is 4.72 Å². The van der Waals surface area contributed by atoms with Crippen LogP contribution >= 0.6 is 23.8 Å². The van der Waals surface area contributed by atoms with Gasteiger partial charge in [0.1, 0.15) is 4.99 Å². The average Bonchev–Trinajstić information content (AvgIpc) is 2.41. The van der Waals surface area contributed by atoms with Gasteiger partial charge in [-0.1, -0.05) is 48.1 Å². The Labute approximate surface area is 134 Å². The van der Waals surface area contributed by atoms with E-state index in [1.54, 1.807) is 43.3 Å². The minimum atomic E-state index is -3.77. The van der Waals surface area contributed by atoms with Crippen molar-refractivity contribution < 1.29 is 8.42 Å². The summed E-state index contributed by atoms with van der Waals surface area (Å²) in [6, 6.07) is 11.4. The van der Waals surface area contributed by atoms with E-state index in [2.05, 4.69) is 4.72 Å². The van der Waals surface area contributed by atoms with Crippen LogP contribution in [0.25, 0.3) is 0 Å². The molecule has 110 valence electrons. The molecule has 0 heterocycles. The maximum absolute atomic E-state index is 12.5. The molecule has 0 spiro atoms. The van der Waals surface area contributed by atoms with E-state index >= 15 is 0 Å². The number of benzene rings is 2. The van der Waals surface area contributed by atoms with E-state index in [1.165, 1.54) is 6.07 Å². The minimum absolute atomic E-state index is 0.118. The fourth-order valence-electron chi connectivity index (χ4n) is 1.79. The summed E-state index contributed by atoms with van der Waals surface area (Å²) in [6.07, 6.45) is 0. The fourth-order valence-corrected chi connectivity index (χ4v) is 3.50. The van der Waals surface area contributed by atoms with Crippen molar-refractivity contribution in [2.75, 3.05) is 4.72 Å². The molecule has 0 saturated heterocycles. The highest BCUT2D eigenvalue weighted by Gasteiger charge is 2.19. The Balaban J connectivity index is 2.47. The third-order valence-corrected chi connectivity index (χ3v) is 4.95. The molecular formula is C14H13ClN2O2S2. The SMILES string of the molecule is Cc1ccc(C(N)=S)cc1S(=O)(=O)Nc1ccccc1Cl. The molecule has 7 heteroatoms. The molecule has 2 aromatic rings. The number of aryl methyl sites for hydroxylation is 1. The number of hydrogen-bond acceptors (Lipinski definition) is 3. The molecule has 0 aromatic heterocycles. The predicted octanol–water partition coefficient (Wildman–Crippen LogP) is 3.08. The lowest BCUT2D eigenvalue weighted by Gasteiger charge is -2.12. The Morgan fingerprint density at radius 2 is 1.90 bits per heavy atom. The lowest BCUT2D eigenvalue weighted by atomic mass is 10.1. The highest BCUT2D eigenvalue weighted by atomic mass is 35.5. The van der Waals surface area contributed by atoms with E-state index in [0.29, 0.717) is 21.8 Å². The summed E-state index contributed by atoms with van der Waals surface area (Å²) in [7, 11) is -3.77. The zero-order valence-corrected chi connectivity index (χ0v) is 13.5. The molecule has 0 aliphatic heterocycles.